The lowest BCUT2D eigenvalue weighted by Gasteiger charge is -2.38. The molecule has 2 aliphatic rings. The fraction of sp³-hybridized carbons (Fsp3) is 0.600. The van der Waals surface area contributed by atoms with E-state index in [1.807, 2.05) is 18.7 Å². The van der Waals surface area contributed by atoms with Crippen molar-refractivity contribution in [2.75, 3.05) is 64.3 Å². The van der Waals surface area contributed by atoms with E-state index in [2.05, 4.69) is 15.1 Å². The van der Waals surface area contributed by atoms with Crippen LogP contribution in [0, 0.1) is 12.7 Å². The summed E-state index contributed by atoms with van der Waals surface area (Å²) in [5.41, 5.74) is 1.32. The molecule has 3 rings (SSSR count). The number of hydrogen-bond acceptors (Lipinski definition) is 5. The van der Waals surface area contributed by atoms with Gasteiger partial charge in [0.05, 0.1) is 25.8 Å². The zero-order valence-electron chi connectivity index (χ0n) is 16.6. The van der Waals surface area contributed by atoms with Gasteiger partial charge in [-0.2, -0.15) is 0 Å². The van der Waals surface area contributed by atoms with Crippen molar-refractivity contribution in [2.24, 2.45) is 0 Å². The number of carbonyl (C=O) groups excluding carboxylic acids is 2. The van der Waals surface area contributed by atoms with Crippen molar-refractivity contribution in [3.05, 3.63) is 29.6 Å². The number of benzene rings is 1. The van der Waals surface area contributed by atoms with Crippen LogP contribution in [-0.4, -0.2) is 91.6 Å². The van der Waals surface area contributed by atoms with Gasteiger partial charge in [-0.05, 0) is 31.5 Å². The highest BCUT2D eigenvalue weighted by Crippen LogP contribution is 2.17. The molecule has 2 saturated heterocycles. The molecule has 154 valence electrons. The van der Waals surface area contributed by atoms with Crippen molar-refractivity contribution < 1.29 is 18.7 Å². The van der Waals surface area contributed by atoms with E-state index in [0.717, 1.165) is 18.7 Å². The summed E-state index contributed by atoms with van der Waals surface area (Å²) in [6.45, 7) is 9.56. The first kappa shape index (κ1) is 20.7. The monoisotopic (exact) mass is 392 g/mol. The number of anilines is 1. The third-order valence-electron chi connectivity index (χ3n) is 5.51. The first-order valence-electron chi connectivity index (χ1n) is 9.83. The molecule has 1 atom stereocenters. The van der Waals surface area contributed by atoms with Gasteiger partial charge in [-0.15, -0.1) is 0 Å². The molecule has 2 heterocycles. The normalized spacial score (nSPS) is 20.0. The number of halogens is 1. The Kier molecular flexibility index (Phi) is 6.98. The quantitative estimate of drug-likeness (QED) is 0.808. The first-order valence-corrected chi connectivity index (χ1v) is 9.83. The maximum atomic E-state index is 13.4. The van der Waals surface area contributed by atoms with Crippen molar-refractivity contribution in [3.8, 4) is 0 Å². The summed E-state index contributed by atoms with van der Waals surface area (Å²) >= 11 is 0. The van der Waals surface area contributed by atoms with Gasteiger partial charge in [0, 0.05) is 45.0 Å². The molecule has 2 aliphatic heterocycles. The van der Waals surface area contributed by atoms with Crippen LogP contribution in [0.25, 0.3) is 0 Å². The van der Waals surface area contributed by atoms with Crippen LogP contribution < -0.4 is 5.32 Å². The van der Waals surface area contributed by atoms with Gasteiger partial charge in [-0.3, -0.25) is 19.4 Å². The predicted molar refractivity (Wildman–Crippen MR) is 105 cm³/mol. The topological polar surface area (TPSA) is 65.1 Å². The molecule has 2 fully saturated rings. The molecule has 1 aromatic rings. The van der Waals surface area contributed by atoms with E-state index in [9.17, 15) is 14.0 Å². The van der Waals surface area contributed by atoms with Crippen molar-refractivity contribution in [3.63, 3.8) is 0 Å². The molecular weight excluding hydrogens is 363 g/mol. The van der Waals surface area contributed by atoms with E-state index >= 15 is 0 Å². The largest absolute Gasteiger partial charge is 0.379 e. The van der Waals surface area contributed by atoms with Crippen molar-refractivity contribution in [2.45, 2.75) is 19.9 Å². The van der Waals surface area contributed by atoms with Gasteiger partial charge >= 0.3 is 0 Å². The number of morpholine rings is 1. The second-order valence-corrected chi connectivity index (χ2v) is 7.43. The summed E-state index contributed by atoms with van der Waals surface area (Å²) in [6, 6.07) is 4.01. The molecule has 0 radical (unpaired) electrons. The zero-order valence-corrected chi connectivity index (χ0v) is 16.6. The van der Waals surface area contributed by atoms with Gasteiger partial charge in [0.15, 0.2) is 0 Å². The molecule has 1 N–H and O–H groups in total. The highest BCUT2D eigenvalue weighted by Gasteiger charge is 2.28. The maximum absolute atomic E-state index is 13.4. The number of ether oxygens (including phenoxy) is 1. The van der Waals surface area contributed by atoms with Crippen LogP contribution in [0.4, 0.5) is 10.1 Å². The Labute approximate surface area is 165 Å². The van der Waals surface area contributed by atoms with Crippen LogP contribution in [-0.2, 0) is 14.3 Å². The SMILES string of the molecule is Cc1ccc(F)cc1NC(=O)C(C)N1CCN(C(=O)CN2CCOCC2)CC1. The summed E-state index contributed by atoms with van der Waals surface area (Å²) in [5, 5.41) is 2.82. The van der Waals surface area contributed by atoms with Gasteiger partial charge in [0.25, 0.3) is 0 Å². The van der Waals surface area contributed by atoms with Gasteiger partial charge in [0.2, 0.25) is 11.8 Å². The smallest absolute Gasteiger partial charge is 0.241 e. The number of aryl methyl sites for hydroxylation is 1. The molecule has 1 aromatic carbocycles. The minimum atomic E-state index is -0.374. The molecule has 2 amide bonds. The minimum Gasteiger partial charge on any atom is -0.379 e. The Hall–Kier alpha value is -2.03. The second-order valence-electron chi connectivity index (χ2n) is 7.43. The van der Waals surface area contributed by atoms with Crippen LogP contribution >= 0.6 is 0 Å². The average molecular weight is 392 g/mol. The van der Waals surface area contributed by atoms with Crippen molar-refractivity contribution in [1.82, 2.24) is 14.7 Å². The molecule has 0 bridgehead atoms. The number of piperazine rings is 1. The maximum Gasteiger partial charge on any atom is 0.241 e. The predicted octanol–water partition coefficient (Wildman–Crippen LogP) is 0.938. The van der Waals surface area contributed by atoms with E-state index in [4.69, 9.17) is 4.74 Å². The number of hydrogen-bond donors (Lipinski definition) is 1. The van der Waals surface area contributed by atoms with Gasteiger partial charge in [-0.25, -0.2) is 4.39 Å². The number of nitrogens with one attached hydrogen (secondary N) is 1. The lowest BCUT2D eigenvalue weighted by atomic mass is 10.1. The third-order valence-corrected chi connectivity index (χ3v) is 5.51. The Balaban J connectivity index is 1.47. The average Bonchev–Trinajstić information content (AvgIpc) is 2.71. The fourth-order valence-corrected chi connectivity index (χ4v) is 3.54. The van der Waals surface area contributed by atoms with E-state index in [1.165, 1.54) is 12.1 Å². The number of carbonyl (C=O) groups is 2. The summed E-state index contributed by atoms with van der Waals surface area (Å²) in [7, 11) is 0. The molecule has 1 unspecified atom stereocenters. The van der Waals surface area contributed by atoms with Crippen LogP contribution in [0.15, 0.2) is 18.2 Å². The zero-order chi connectivity index (χ0) is 20.1. The molecule has 0 saturated carbocycles. The summed E-state index contributed by atoms with van der Waals surface area (Å²) in [5.74, 6) is -0.406. The number of nitrogens with zero attached hydrogens (tertiary/aromatic N) is 3. The van der Waals surface area contributed by atoms with Crippen molar-refractivity contribution >= 4 is 17.5 Å². The molecule has 28 heavy (non-hydrogen) atoms. The Bertz CT molecular complexity index is 701. The Morgan fingerprint density at radius 2 is 1.82 bits per heavy atom. The second kappa shape index (κ2) is 9.45. The van der Waals surface area contributed by atoms with Gasteiger partial charge < -0.3 is 15.0 Å². The van der Waals surface area contributed by atoms with Crippen LogP contribution in [0.3, 0.4) is 0 Å². The highest BCUT2D eigenvalue weighted by molar-refractivity contribution is 5.95. The van der Waals surface area contributed by atoms with E-state index in [0.29, 0.717) is 51.6 Å². The Morgan fingerprint density at radius 1 is 1.14 bits per heavy atom. The highest BCUT2D eigenvalue weighted by atomic mass is 19.1. The summed E-state index contributed by atoms with van der Waals surface area (Å²) < 4.78 is 18.7. The molecule has 0 aromatic heterocycles. The van der Waals surface area contributed by atoms with Crippen LogP contribution in [0.1, 0.15) is 12.5 Å². The van der Waals surface area contributed by atoms with E-state index < -0.39 is 0 Å². The molecule has 7 nitrogen and oxygen atoms in total. The summed E-state index contributed by atoms with van der Waals surface area (Å²) in [4.78, 5) is 31.1. The molecule has 0 aliphatic carbocycles. The first-order chi connectivity index (χ1) is 13.4. The molecule has 0 spiro atoms. The van der Waals surface area contributed by atoms with Gasteiger partial charge in [-0.1, -0.05) is 6.07 Å². The third kappa shape index (κ3) is 5.27. The van der Waals surface area contributed by atoms with E-state index in [1.54, 1.807) is 6.07 Å². The summed E-state index contributed by atoms with van der Waals surface area (Å²) in [6.07, 6.45) is 0. The standard InChI is InChI=1S/C20H29FN4O3/c1-15-3-4-17(21)13-18(15)22-20(27)16(2)24-5-7-25(8-6-24)19(26)14-23-9-11-28-12-10-23/h3-4,13,16H,5-12,14H2,1-2H3,(H,22,27). The van der Waals surface area contributed by atoms with Crippen molar-refractivity contribution in [1.29, 1.82) is 0 Å². The van der Waals surface area contributed by atoms with E-state index in [-0.39, 0.29) is 23.7 Å². The lowest BCUT2D eigenvalue weighted by Crippen LogP contribution is -2.55. The molecular formula is C20H29FN4O3. The number of rotatable bonds is 5. The fourth-order valence-electron chi connectivity index (χ4n) is 3.54. The van der Waals surface area contributed by atoms with Gasteiger partial charge in [0.1, 0.15) is 5.82 Å². The molecule has 8 heteroatoms. The minimum absolute atomic E-state index is 0.133. The van der Waals surface area contributed by atoms with Crippen LogP contribution in [0.2, 0.25) is 0 Å². The van der Waals surface area contributed by atoms with Crippen LogP contribution in [0.5, 0.6) is 0 Å². The lowest BCUT2D eigenvalue weighted by molar-refractivity contribution is -0.135. The number of amides is 2. The Morgan fingerprint density at radius 3 is 2.50 bits per heavy atom.